The number of hydrogen-bond donors (Lipinski definition) is 1. The Morgan fingerprint density at radius 3 is 3.20 bits per heavy atom. The van der Waals surface area contributed by atoms with Crippen LogP contribution in [-0.4, -0.2) is 22.5 Å². The van der Waals surface area contributed by atoms with Gasteiger partial charge in [-0.2, -0.15) is 0 Å². The Morgan fingerprint density at radius 1 is 1.70 bits per heavy atom. The highest BCUT2D eigenvalue weighted by Crippen LogP contribution is 1.93. The molecule has 0 radical (unpaired) electrons. The minimum atomic E-state index is 0.536. The molecular formula is C6H9ClN2O. The van der Waals surface area contributed by atoms with Crippen molar-refractivity contribution < 1.29 is 4.74 Å². The van der Waals surface area contributed by atoms with E-state index in [1.165, 1.54) is 0 Å². The van der Waals surface area contributed by atoms with Gasteiger partial charge in [-0.3, -0.25) is 0 Å². The number of rotatable bonds is 4. The molecule has 3 nitrogen and oxygen atoms in total. The van der Waals surface area contributed by atoms with Crippen molar-refractivity contribution in [1.29, 1.82) is 0 Å². The molecule has 0 aliphatic heterocycles. The first-order chi connectivity index (χ1) is 4.93. The van der Waals surface area contributed by atoms with Gasteiger partial charge in [0.1, 0.15) is 0 Å². The molecule has 0 saturated carbocycles. The lowest BCUT2D eigenvalue weighted by Crippen LogP contribution is -1.95. The van der Waals surface area contributed by atoms with Gasteiger partial charge in [0, 0.05) is 5.88 Å². The van der Waals surface area contributed by atoms with E-state index in [1.54, 1.807) is 12.5 Å². The van der Waals surface area contributed by atoms with E-state index in [9.17, 15) is 0 Å². The van der Waals surface area contributed by atoms with Gasteiger partial charge in [-0.15, -0.1) is 11.6 Å². The largest absolute Gasteiger partial charge is 0.374 e. The van der Waals surface area contributed by atoms with Crippen LogP contribution < -0.4 is 0 Å². The molecule has 0 aliphatic carbocycles. The summed E-state index contributed by atoms with van der Waals surface area (Å²) in [5.74, 6) is 0.536. The van der Waals surface area contributed by atoms with Crippen molar-refractivity contribution in [2.24, 2.45) is 0 Å². The number of aromatic nitrogens is 2. The number of H-pyrrole nitrogens is 1. The van der Waals surface area contributed by atoms with Crippen molar-refractivity contribution in [2.75, 3.05) is 12.5 Å². The summed E-state index contributed by atoms with van der Waals surface area (Å²) in [6.45, 7) is 1.15. The van der Waals surface area contributed by atoms with Crippen molar-refractivity contribution in [3.05, 3.63) is 18.2 Å². The zero-order chi connectivity index (χ0) is 7.23. The van der Waals surface area contributed by atoms with Gasteiger partial charge in [-0.05, 0) is 0 Å². The number of aromatic amines is 1. The second-order valence-corrected chi connectivity index (χ2v) is 2.20. The lowest BCUT2D eigenvalue weighted by molar-refractivity contribution is 0.133. The minimum absolute atomic E-state index is 0.536. The van der Waals surface area contributed by atoms with E-state index in [1.807, 2.05) is 0 Å². The molecule has 0 unspecified atom stereocenters. The van der Waals surface area contributed by atoms with Crippen molar-refractivity contribution >= 4 is 11.6 Å². The van der Waals surface area contributed by atoms with Gasteiger partial charge in [0.05, 0.1) is 31.4 Å². The Labute approximate surface area is 64.4 Å². The molecule has 1 heterocycles. The van der Waals surface area contributed by atoms with Crippen LogP contribution in [0.2, 0.25) is 0 Å². The van der Waals surface area contributed by atoms with E-state index in [0.29, 0.717) is 19.1 Å². The van der Waals surface area contributed by atoms with Gasteiger partial charge >= 0.3 is 0 Å². The number of ether oxygens (including phenoxy) is 1. The van der Waals surface area contributed by atoms with Crippen molar-refractivity contribution in [2.45, 2.75) is 6.61 Å². The fourth-order valence-corrected chi connectivity index (χ4v) is 0.709. The lowest BCUT2D eigenvalue weighted by atomic mass is 10.5. The van der Waals surface area contributed by atoms with Crippen LogP contribution in [0.25, 0.3) is 0 Å². The van der Waals surface area contributed by atoms with Gasteiger partial charge in [-0.25, -0.2) is 4.98 Å². The molecule has 0 fully saturated rings. The second kappa shape index (κ2) is 4.30. The van der Waals surface area contributed by atoms with Crippen LogP contribution in [-0.2, 0) is 11.3 Å². The standard InChI is InChI=1S/C6H9ClN2O/c7-1-2-10-4-6-3-8-5-9-6/h3,5H,1-2,4H2,(H,8,9). The van der Waals surface area contributed by atoms with Crippen LogP contribution in [0.3, 0.4) is 0 Å². The molecule has 4 heteroatoms. The van der Waals surface area contributed by atoms with Gasteiger partial charge in [0.2, 0.25) is 0 Å². The number of imidazole rings is 1. The van der Waals surface area contributed by atoms with E-state index in [4.69, 9.17) is 16.3 Å². The normalized spacial score (nSPS) is 10.1. The molecule has 10 heavy (non-hydrogen) atoms. The molecule has 0 aliphatic rings. The molecular weight excluding hydrogens is 152 g/mol. The summed E-state index contributed by atoms with van der Waals surface area (Å²) in [4.78, 5) is 6.75. The second-order valence-electron chi connectivity index (χ2n) is 1.82. The predicted octanol–water partition coefficient (Wildman–Crippen LogP) is 1.17. The third kappa shape index (κ3) is 2.37. The predicted molar refractivity (Wildman–Crippen MR) is 39.0 cm³/mol. The molecule has 0 amide bonds. The molecule has 0 atom stereocenters. The summed E-state index contributed by atoms with van der Waals surface area (Å²) < 4.78 is 5.12. The molecule has 0 aromatic carbocycles. The number of halogens is 1. The summed E-state index contributed by atoms with van der Waals surface area (Å²) in [6, 6.07) is 0. The number of nitrogens with one attached hydrogen (secondary N) is 1. The molecule has 1 rings (SSSR count). The van der Waals surface area contributed by atoms with Crippen LogP contribution >= 0.6 is 11.6 Å². The van der Waals surface area contributed by atoms with E-state index >= 15 is 0 Å². The minimum Gasteiger partial charge on any atom is -0.374 e. The van der Waals surface area contributed by atoms with Gasteiger partial charge in [0.15, 0.2) is 0 Å². The fourth-order valence-electron chi connectivity index (χ4n) is 0.600. The fraction of sp³-hybridized carbons (Fsp3) is 0.500. The topological polar surface area (TPSA) is 37.9 Å². The van der Waals surface area contributed by atoms with E-state index in [-0.39, 0.29) is 0 Å². The third-order valence-corrected chi connectivity index (χ3v) is 1.19. The first-order valence-corrected chi connectivity index (χ1v) is 3.58. The summed E-state index contributed by atoms with van der Waals surface area (Å²) >= 11 is 5.39. The maximum Gasteiger partial charge on any atom is 0.0922 e. The molecule has 56 valence electrons. The average Bonchev–Trinajstić information content (AvgIpc) is 2.41. The molecule has 1 aromatic heterocycles. The van der Waals surface area contributed by atoms with E-state index < -0.39 is 0 Å². The number of hydrogen-bond acceptors (Lipinski definition) is 2. The Hall–Kier alpha value is -0.540. The summed E-state index contributed by atoms with van der Waals surface area (Å²) in [7, 11) is 0. The molecule has 0 saturated heterocycles. The number of nitrogens with zero attached hydrogens (tertiary/aromatic N) is 1. The van der Waals surface area contributed by atoms with Crippen LogP contribution in [0.1, 0.15) is 5.69 Å². The zero-order valence-corrected chi connectivity index (χ0v) is 6.27. The Morgan fingerprint density at radius 2 is 2.60 bits per heavy atom. The Balaban J connectivity index is 2.15. The number of alkyl halides is 1. The monoisotopic (exact) mass is 160 g/mol. The quantitative estimate of drug-likeness (QED) is 0.530. The van der Waals surface area contributed by atoms with Crippen molar-refractivity contribution in [3.63, 3.8) is 0 Å². The van der Waals surface area contributed by atoms with Gasteiger partial charge < -0.3 is 9.72 Å². The molecule has 1 aromatic rings. The van der Waals surface area contributed by atoms with Crippen LogP contribution in [0, 0.1) is 0 Å². The van der Waals surface area contributed by atoms with E-state index in [0.717, 1.165) is 5.69 Å². The zero-order valence-electron chi connectivity index (χ0n) is 5.51. The highest BCUT2D eigenvalue weighted by molar-refractivity contribution is 6.17. The smallest absolute Gasteiger partial charge is 0.0922 e. The average molecular weight is 161 g/mol. The van der Waals surface area contributed by atoms with Crippen LogP contribution in [0.4, 0.5) is 0 Å². The Kier molecular flexibility index (Phi) is 3.26. The van der Waals surface area contributed by atoms with E-state index in [2.05, 4.69) is 9.97 Å². The van der Waals surface area contributed by atoms with Gasteiger partial charge in [-0.1, -0.05) is 0 Å². The first-order valence-electron chi connectivity index (χ1n) is 3.04. The Bertz CT molecular complexity index is 164. The SMILES string of the molecule is ClCCOCc1cnc[nH]1. The molecule has 0 bridgehead atoms. The highest BCUT2D eigenvalue weighted by atomic mass is 35.5. The molecule has 0 spiro atoms. The third-order valence-electron chi connectivity index (χ3n) is 1.03. The molecule has 1 N–H and O–H groups in total. The maximum absolute atomic E-state index is 5.39. The van der Waals surface area contributed by atoms with Crippen LogP contribution in [0.5, 0.6) is 0 Å². The van der Waals surface area contributed by atoms with Gasteiger partial charge in [0.25, 0.3) is 0 Å². The first kappa shape index (κ1) is 7.57. The van der Waals surface area contributed by atoms with Crippen molar-refractivity contribution in [1.82, 2.24) is 9.97 Å². The lowest BCUT2D eigenvalue weighted by Gasteiger charge is -1.96. The highest BCUT2D eigenvalue weighted by Gasteiger charge is 1.91. The van der Waals surface area contributed by atoms with Crippen LogP contribution in [0.15, 0.2) is 12.5 Å². The van der Waals surface area contributed by atoms with Crippen molar-refractivity contribution in [3.8, 4) is 0 Å². The summed E-state index contributed by atoms with van der Waals surface area (Å²) in [5, 5.41) is 0. The summed E-state index contributed by atoms with van der Waals surface area (Å²) in [5.41, 5.74) is 0.977. The maximum atomic E-state index is 5.39. The summed E-state index contributed by atoms with van der Waals surface area (Å²) in [6.07, 6.45) is 3.35.